The number of rotatable bonds is 6. The van der Waals surface area contributed by atoms with Crippen LogP contribution in [-0.2, 0) is 9.47 Å². The normalized spacial score (nSPS) is 10.8. The lowest BCUT2D eigenvalue weighted by Gasteiger charge is -2.19. The molecule has 0 bridgehead atoms. The molecule has 82 valence electrons. The summed E-state index contributed by atoms with van der Waals surface area (Å²) in [5.41, 5.74) is -0.651. The van der Waals surface area contributed by atoms with Crippen molar-refractivity contribution in [1.82, 2.24) is 0 Å². The van der Waals surface area contributed by atoms with Gasteiger partial charge in [0, 0.05) is 0 Å². The molecular weight excluding hydrogens is 180 g/mol. The van der Waals surface area contributed by atoms with Gasteiger partial charge in [0.25, 0.3) is 0 Å². The third-order valence-corrected chi connectivity index (χ3v) is 1.81. The quantitative estimate of drug-likeness (QED) is 0.375. The van der Waals surface area contributed by atoms with Crippen LogP contribution in [0.3, 0.4) is 0 Å². The second-order valence-corrected chi connectivity index (χ2v) is 3.72. The minimum atomic E-state index is -0.651. The maximum absolute atomic E-state index is 11.1. The SMILES string of the molecule is C=CC(C)(C)OC(=O)OCCCCC. The molecule has 0 N–H and O–H groups in total. The van der Waals surface area contributed by atoms with Gasteiger partial charge in [0.2, 0.25) is 0 Å². The number of hydrogen-bond acceptors (Lipinski definition) is 3. The van der Waals surface area contributed by atoms with Crippen molar-refractivity contribution in [2.45, 2.75) is 45.6 Å². The monoisotopic (exact) mass is 200 g/mol. The summed E-state index contributed by atoms with van der Waals surface area (Å²) in [7, 11) is 0. The summed E-state index contributed by atoms with van der Waals surface area (Å²) in [6, 6.07) is 0. The summed E-state index contributed by atoms with van der Waals surface area (Å²) >= 11 is 0. The van der Waals surface area contributed by atoms with Gasteiger partial charge in [-0.15, -0.1) is 0 Å². The Morgan fingerprint density at radius 2 is 2.07 bits per heavy atom. The van der Waals surface area contributed by atoms with E-state index in [1.165, 1.54) is 0 Å². The van der Waals surface area contributed by atoms with E-state index < -0.39 is 11.8 Å². The van der Waals surface area contributed by atoms with E-state index in [4.69, 9.17) is 9.47 Å². The molecular formula is C11H20O3. The molecule has 0 heterocycles. The van der Waals surface area contributed by atoms with Gasteiger partial charge in [-0.2, -0.15) is 0 Å². The first-order valence-corrected chi connectivity index (χ1v) is 5.01. The third-order valence-electron chi connectivity index (χ3n) is 1.81. The van der Waals surface area contributed by atoms with Gasteiger partial charge in [0.05, 0.1) is 6.61 Å². The zero-order valence-corrected chi connectivity index (χ0v) is 9.34. The molecule has 0 unspecified atom stereocenters. The molecule has 3 nitrogen and oxygen atoms in total. The second kappa shape index (κ2) is 6.46. The second-order valence-electron chi connectivity index (χ2n) is 3.72. The van der Waals surface area contributed by atoms with E-state index in [-0.39, 0.29) is 0 Å². The number of carbonyl (C=O) groups is 1. The van der Waals surface area contributed by atoms with Crippen molar-refractivity contribution in [3.8, 4) is 0 Å². The van der Waals surface area contributed by atoms with Crippen LogP contribution >= 0.6 is 0 Å². The van der Waals surface area contributed by atoms with Gasteiger partial charge >= 0.3 is 6.16 Å². The van der Waals surface area contributed by atoms with Crippen molar-refractivity contribution in [3.63, 3.8) is 0 Å². The molecule has 0 aromatic heterocycles. The fraction of sp³-hybridized carbons (Fsp3) is 0.727. The van der Waals surface area contributed by atoms with Crippen molar-refractivity contribution in [3.05, 3.63) is 12.7 Å². The van der Waals surface area contributed by atoms with Gasteiger partial charge < -0.3 is 9.47 Å². The minimum absolute atomic E-state index is 0.430. The van der Waals surface area contributed by atoms with Crippen LogP contribution in [0.2, 0.25) is 0 Å². The van der Waals surface area contributed by atoms with E-state index in [1.54, 1.807) is 19.9 Å². The summed E-state index contributed by atoms with van der Waals surface area (Å²) in [4.78, 5) is 11.1. The lowest BCUT2D eigenvalue weighted by molar-refractivity contribution is 0.00535. The molecule has 0 saturated carbocycles. The predicted octanol–water partition coefficient (Wildman–Crippen LogP) is 3.29. The zero-order chi connectivity index (χ0) is 11.0. The van der Waals surface area contributed by atoms with E-state index >= 15 is 0 Å². The largest absolute Gasteiger partial charge is 0.509 e. The minimum Gasteiger partial charge on any atom is -0.434 e. The lowest BCUT2D eigenvalue weighted by Crippen LogP contribution is -2.25. The Balaban J connectivity index is 3.60. The highest BCUT2D eigenvalue weighted by molar-refractivity contribution is 5.60. The van der Waals surface area contributed by atoms with Crippen molar-refractivity contribution in [1.29, 1.82) is 0 Å². The van der Waals surface area contributed by atoms with E-state index in [2.05, 4.69) is 13.5 Å². The van der Waals surface area contributed by atoms with Gasteiger partial charge in [-0.25, -0.2) is 4.79 Å². The Labute approximate surface area is 86.1 Å². The van der Waals surface area contributed by atoms with Gasteiger partial charge in [-0.3, -0.25) is 0 Å². The van der Waals surface area contributed by atoms with Crippen molar-refractivity contribution in [2.75, 3.05) is 6.61 Å². The predicted molar refractivity (Wildman–Crippen MR) is 56.2 cm³/mol. The molecule has 0 radical (unpaired) electrons. The molecule has 14 heavy (non-hydrogen) atoms. The molecule has 0 atom stereocenters. The van der Waals surface area contributed by atoms with Gasteiger partial charge in [-0.1, -0.05) is 26.3 Å². The van der Waals surface area contributed by atoms with Crippen LogP contribution in [0.15, 0.2) is 12.7 Å². The van der Waals surface area contributed by atoms with Crippen LogP contribution in [0.1, 0.15) is 40.0 Å². The molecule has 0 spiro atoms. The first-order chi connectivity index (χ1) is 6.52. The average molecular weight is 200 g/mol. The van der Waals surface area contributed by atoms with Crippen LogP contribution in [0.25, 0.3) is 0 Å². The summed E-state index contributed by atoms with van der Waals surface area (Å²) in [6.45, 7) is 9.60. The Hall–Kier alpha value is -0.990. The van der Waals surface area contributed by atoms with Crippen LogP contribution in [0, 0.1) is 0 Å². The Morgan fingerprint density at radius 1 is 1.43 bits per heavy atom. The Bertz CT molecular complexity index is 185. The molecule has 0 aliphatic heterocycles. The van der Waals surface area contributed by atoms with E-state index in [0.29, 0.717) is 6.61 Å². The average Bonchev–Trinajstić information content (AvgIpc) is 2.12. The summed E-state index contributed by atoms with van der Waals surface area (Å²) in [5, 5.41) is 0. The topological polar surface area (TPSA) is 35.5 Å². The number of carbonyl (C=O) groups excluding carboxylic acids is 1. The molecule has 0 aromatic carbocycles. The fourth-order valence-corrected chi connectivity index (χ4v) is 0.793. The number of hydrogen-bond donors (Lipinski definition) is 0. The highest BCUT2D eigenvalue weighted by Crippen LogP contribution is 2.11. The maximum atomic E-state index is 11.1. The highest BCUT2D eigenvalue weighted by Gasteiger charge is 2.19. The number of unbranched alkanes of at least 4 members (excludes halogenated alkanes) is 2. The number of ether oxygens (including phenoxy) is 2. The summed E-state index contributed by atoms with van der Waals surface area (Å²) in [5.74, 6) is 0. The standard InChI is InChI=1S/C11H20O3/c1-5-7-8-9-13-10(12)14-11(3,4)6-2/h6H,2,5,7-9H2,1,3-4H3. The van der Waals surface area contributed by atoms with Crippen molar-refractivity contribution in [2.24, 2.45) is 0 Å². The molecule has 0 saturated heterocycles. The van der Waals surface area contributed by atoms with Gasteiger partial charge in [0.15, 0.2) is 0 Å². The van der Waals surface area contributed by atoms with Crippen LogP contribution in [0.5, 0.6) is 0 Å². The fourth-order valence-electron chi connectivity index (χ4n) is 0.793. The maximum Gasteiger partial charge on any atom is 0.509 e. The van der Waals surface area contributed by atoms with Crippen LogP contribution in [0.4, 0.5) is 4.79 Å². The van der Waals surface area contributed by atoms with Crippen molar-refractivity contribution >= 4 is 6.16 Å². The molecule has 0 amide bonds. The molecule has 0 aliphatic rings. The summed E-state index contributed by atoms with van der Waals surface area (Å²) in [6.07, 6.45) is 4.01. The van der Waals surface area contributed by atoms with E-state index in [1.807, 2.05) is 0 Å². The van der Waals surface area contributed by atoms with Crippen LogP contribution < -0.4 is 0 Å². The zero-order valence-electron chi connectivity index (χ0n) is 9.34. The molecule has 0 aliphatic carbocycles. The first-order valence-electron chi connectivity index (χ1n) is 5.01. The third kappa shape index (κ3) is 6.52. The molecule has 3 heteroatoms. The molecule has 0 rings (SSSR count). The summed E-state index contributed by atoms with van der Waals surface area (Å²) < 4.78 is 9.86. The van der Waals surface area contributed by atoms with Gasteiger partial charge in [-0.05, 0) is 26.3 Å². The first kappa shape index (κ1) is 13.0. The van der Waals surface area contributed by atoms with E-state index in [9.17, 15) is 4.79 Å². The van der Waals surface area contributed by atoms with E-state index in [0.717, 1.165) is 19.3 Å². The lowest BCUT2D eigenvalue weighted by atomic mass is 10.1. The van der Waals surface area contributed by atoms with Crippen molar-refractivity contribution < 1.29 is 14.3 Å². The van der Waals surface area contributed by atoms with Crippen LogP contribution in [-0.4, -0.2) is 18.4 Å². The Kier molecular flexibility index (Phi) is 6.00. The Morgan fingerprint density at radius 3 is 2.57 bits per heavy atom. The van der Waals surface area contributed by atoms with Gasteiger partial charge in [0.1, 0.15) is 5.60 Å². The molecule has 0 fully saturated rings. The molecule has 0 aromatic rings. The smallest absolute Gasteiger partial charge is 0.434 e. The highest BCUT2D eigenvalue weighted by atomic mass is 16.7.